The normalized spacial score (nSPS) is 17.1. The van der Waals surface area contributed by atoms with Crippen LogP contribution in [0.1, 0.15) is 13.3 Å². The van der Waals surface area contributed by atoms with Gasteiger partial charge in [0.15, 0.2) is 4.46 Å². The van der Waals surface area contributed by atoms with Gasteiger partial charge in [0.1, 0.15) is 5.41 Å². The Morgan fingerprint density at radius 2 is 1.57 bits per heavy atom. The van der Waals surface area contributed by atoms with Crippen LogP contribution in [0.5, 0.6) is 0 Å². The molecule has 0 fully saturated rings. The predicted molar refractivity (Wildman–Crippen MR) is 46.5 cm³/mol. The maximum atomic E-state index is 12.5. The Labute approximate surface area is 105 Å². The first kappa shape index (κ1) is 17.4. The topological polar surface area (TPSA) is 52.0 Å². The summed E-state index contributed by atoms with van der Waals surface area (Å²) in [6.45, 7) is 0.545. The summed E-state index contributed by atoms with van der Waals surface area (Å²) in [5.41, 5.74) is 7.62. The van der Waals surface area contributed by atoms with E-state index in [-0.39, 0.29) is 27.5 Å². The fraction of sp³-hybridized carbons (Fsp3) is 1.00. The number of alkyl halides is 5. The van der Waals surface area contributed by atoms with Gasteiger partial charge in [-0.3, -0.25) is 5.73 Å². The number of nitrogens with two attached hydrogens (primary N) is 2. The zero-order chi connectivity index (χ0) is 10.9. The van der Waals surface area contributed by atoms with Gasteiger partial charge in [-0.05, 0) is 6.42 Å². The number of hydrogen-bond acceptors (Lipinski definition) is 2. The molecule has 0 aromatic rings. The van der Waals surface area contributed by atoms with Crippen LogP contribution in [0, 0.1) is 5.41 Å². The van der Waals surface area contributed by atoms with Gasteiger partial charge in [-0.2, -0.15) is 13.2 Å². The molecule has 0 rings (SSSR count). The molecular weight excluding hydrogens is 423 g/mol. The Kier molecular flexibility index (Phi) is 6.64. The van der Waals surface area contributed by atoms with Crippen molar-refractivity contribution < 1.29 is 34.2 Å². The van der Waals surface area contributed by atoms with Crippen LogP contribution in [0.2, 0.25) is 0 Å². The van der Waals surface area contributed by atoms with Crippen LogP contribution < -0.4 is 11.5 Å². The fourth-order valence-corrected chi connectivity index (χ4v) is 1.66. The Hall–Kier alpha value is 0.978. The first-order valence-electron chi connectivity index (χ1n) is 3.56. The van der Waals surface area contributed by atoms with Gasteiger partial charge in [0.05, 0.1) is 0 Å². The monoisotopic (exact) mass is 433 g/mol. The largest absolute Gasteiger partial charge is 0.399 e. The van der Waals surface area contributed by atoms with E-state index in [0.717, 1.165) is 0 Å². The molecular formula is C6H11Cl2F3N2Pt. The average molecular weight is 434 g/mol. The van der Waals surface area contributed by atoms with Crippen LogP contribution >= 0.6 is 23.2 Å². The number of rotatable bonds is 3. The van der Waals surface area contributed by atoms with Crippen molar-refractivity contribution in [1.82, 2.24) is 0 Å². The first-order valence-corrected chi connectivity index (χ1v) is 4.31. The molecule has 1 atom stereocenters. The predicted octanol–water partition coefficient (Wildman–Crippen LogP) is 1.99. The van der Waals surface area contributed by atoms with Gasteiger partial charge < -0.3 is 5.73 Å². The molecule has 0 radical (unpaired) electrons. The molecule has 0 bridgehead atoms. The molecule has 0 aliphatic carbocycles. The van der Waals surface area contributed by atoms with E-state index in [2.05, 4.69) is 0 Å². The minimum Gasteiger partial charge on any atom is -0.329 e. The summed E-state index contributed by atoms with van der Waals surface area (Å²) >= 11 is 10.6. The molecule has 0 aliphatic rings. The van der Waals surface area contributed by atoms with Crippen molar-refractivity contribution in [3.05, 3.63) is 0 Å². The van der Waals surface area contributed by atoms with E-state index in [0.29, 0.717) is 0 Å². The molecule has 4 N–H and O–H groups in total. The third-order valence-corrected chi connectivity index (χ3v) is 2.86. The van der Waals surface area contributed by atoms with Crippen LogP contribution in [0.3, 0.4) is 0 Å². The molecule has 90 valence electrons. The molecule has 8 heteroatoms. The molecule has 14 heavy (non-hydrogen) atoms. The Morgan fingerprint density at radius 1 is 1.21 bits per heavy atom. The Balaban J connectivity index is 0. The third kappa shape index (κ3) is 2.98. The third-order valence-electron chi connectivity index (χ3n) is 2.13. The molecule has 0 aliphatic heterocycles. The van der Waals surface area contributed by atoms with E-state index in [9.17, 15) is 13.2 Å². The van der Waals surface area contributed by atoms with Crippen molar-refractivity contribution in [2.24, 2.45) is 16.9 Å². The quantitative estimate of drug-likeness (QED) is 0.528. The second-order valence-corrected chi connectivity index (χ2v) is 4.15. The van der Waals surface area contributed by atoms with Gasteiger partial charge in [-0.25, -0.2) is 0 Å². The minimum absolute atomic E-state index is 0. The molecule has 2 nitrogen and oxygen atoms in total. The van der Waals surface area contributed by atoms with Gasteiger partial charge in [-0.1, -0.05) is 30.1 Å². The van der Waals surface area contributed by atoms with Crippen LogP contribution in [0.15, 0.2) is 0 Å². The summed E-state index contributed by atoms with van der Waals surface area (Å²) in [5.74, 6) is 0. The van der Waals surface area contributed by atoms with Crippen LogP contribution in [0.25, 0.3) is 0 Å². The van der Waals surface area contributed by atoms with Gasteiger partial charge >= 0.3 is 6.18 Å². The average Bonchev–Trinajstić information content (AvgIpc) is 1.84. The zero-order valence-electron chi connectivity index (χ0n) is 7.27. The number of hydrogen-bond donors (Lipinski definition) is 2. The molecule has 0 heterocycles. The second-order valence-electron chi connectivity index (χ2n) is 2.76. The molecule has 0 spiro atoms. The number of halogens is 5. The summed E-state index contributed by atoms with van der Waals surface area (Å²) in [7, 11) is 0. The standard InChI is InChI=1S/C6H11Cl2F3N2.Pt/c1-2-4(3-12,5(7,8)13)6(9,10)11;/h2-3,12-13H2,1H3;. The Bertz CT molecular complexity index is 161. The summed E-state index contributed by atoms with van der Waals surface area (Å²) in [6, 6.07) is 0. The Morgan fingerprint density at radius 3 is 1.57 bits per heavy atom. The van der Waals surface area contributed by atoms with Crippen molar-refractivity contribution in [3.8, 4) is 0 Å². The summed E-state index contributed by atoms with van der Waals surface area (Å²) in [6.07, 6.45) is -4.98. The maximum Gasteiger partial charge on any atom is 0.399 e. The van der Waals surface area contributed by atoms with Gasteiger partial charge in [0, 0.05) is 27.6 Å². The molecule has 0 amide bonds. The van der Waals surface area contributed by atoms with Crippen molar-refractivity contribution in [2.45, 2.75) is 24.0 Å². The van der Waals surface area contributed by atoms with Gasteiger partial charge in [-0.15, -0.1) is 0 Å². The van der Waals surface area contributed by atoms with Gasteiger partial charge in [0.25, 0.3) is 0 Å². The van der Waals surface area contributed by atoms with Crippen molar-refractivity contribution in [3.63, 3.8) is 0 Å². The van der Waals surface area contributed by atoms with E-state index >= 15 is 0 Å². The summed E-state index contributed by atoms with van der Waals surface area (Å²) < 4.78 is 35.2. The fourth-order valence-electron chi connectivity index (χ4n) is 1.02. The summed E-state index contributed by atoms with van der Waals surface area (Å²) in [5, 5.41) is 0. The van der Waals surface area contributed by atoms with Crippen molar-refractivity contribution in [1.29, 1.82) is 0 Å². The molecule has 0 aromatic heterocycles. The molecule has 0 saturated heterocycles. The minimum atomic E-state index is -4.62. The van der Waals surface area contributed by atoms with E-state index in [1.165, 1.54) is 6.92 Å². The van der Waals surface area contributed by atoms with E-state index in [4.69, 9.17) is 34.7 Å². The van der Waals surface area contributed by atoms with Gasteiger partial charge in [0.2, 0.25) is 0 Å². The molecule has 1 unspecified atom stereocenters. The first-order chi connectivity index (χ1) is 5.62. The maximum absolute atomic E-state index is 12.5. The van der Waals surface area contributed by atoms with Crippen LogP contribution in [0.4, 0.5) is 13.2 Å². The smallest absolute Gasteiger partial charge is 0.329 e. The van der Waals surface area contributed by atoms with E-state index in [1.807, 2.05) is 0 Å². The summed E-state index contributed by atoms with van der Waals surface area (Å²) in [4.78, 5) is 0. The molecule has 0 saturated carbocycles. The molecule has 0 aromatic carbocycles. The second kappa shape index (κ2) is 5.35. The van der Waals surface area contributed by atoms with Crippen LogP contribution in [-0.4, -0.2) is 17.2 Å². The SMILES string of the molecule is CCC(CN)(C(F)(F)F)C(N)(Cl)Cl.[Pt]. The van der Waals surface area contributed by atoms with Crippen LogP contribution in [-0.2, 0) is 21.1 Å². The van der Waals surface area contributed by atoms with Crippen molar-refractivity contribution >= 4 is 23.2 Å². The van der Waals surface area contributed by atoms with E-state index in [1.54, 1.807) is 0 Å². The zero-order valence-corrected chi connectivity index (χ0v) is 11.1. The van der Waals surface area contributed by atoms with E-state index < -0.39 is 22.6 Å². The van der Waals surface area contributed by atoms with Crippen molar-refractivity contribution in [2.75, 3.05) is 6.54 Å².